The monoisotopic (exact) mass is 305 g/mol. The molecule has 0 aliphatic rings. The van der Waals surface area contributed by atoms with Gasteiger partial charge in [0.1, 0.15) is 0 Å². The lowest BCUT2D eigenvalue weighted by molar-refractivity contribution is 0.459. The number of rotatable bonds is 5. The lowest BCUT2D eigenvalue weighted by Gasteiger charge is -2.16. The summed E-state index contributed by atoms with van der Waals surface area (Å²) in [7, 11) is -1.71. The lowest BCUT2D eigenvalue weighted by Crippen LogP contribution is -2.27. The fraction of sp³-hybridized carbons (Fsp3) is 0.455. The van der Waals surface area contributed by atoms with Crippen LogP contribution in [0.4, 0.5) is 0 Å². The van der Waals surface area contributed by atoms with Gasteiger partial charge in [0, 0.05) is 18.1 Å². The van der Waals surface area contributed by atoms with Crippen LogP contribution >= 0.6 is 15.9 Å². The third-order valence-electron chi connectivity index (χ3n) is 2.33. The number of hydrogen-bond acceptors (Lipinski definition) is 2. The first-order valence-corrected chi connectivity index (χ1v) is 7.43. The molecule has 0 heterocycles. The van der Waals surface area contributed by atoms with Gasteiger partial charge in [0.15, 0.2) is 0 Å². The third kappa shape index (κ3) is 3.30. The van der Waals surface area contributed by atoms with Gasteiger partial charge in [-0.15, -0.1) is 0 Å². The number of benzene rings is 1. The molecular weight excluding hydrogens is 290 g/mol. The van der Waals surface area contributed by atoms with Gasteiger partial charge in [0.25, 0.3) is 0 Å². The van der Waals surface area contributed by atoms with Crippen LogP contribution in [-0.2, 0) is 10.0 Å². The summed E-state index contributed by atoms with van der Waals surface area (Å²) >= 11 is 3.27. The maximum Gasteiger partial charge on any atom is 0.242 e. The Bertz CT molecular complexity index is 445. The standard InChI is InChI=1S/C11H16BrNO2S/c1-3-4-8-13(2)16(14,15)11-7-5-6-10(12)9-11/h5-7,9H,3-4,8H2,1-2H3. The average molecular weight is 306 g/mol. The Labute approximate surface area is 106 Å². The molecule has 0 N–H and O–H groups in total. The van der Waals surface area contributed by atoms with Gasteiger partial charge < -0.3 is 0 Å². The van der Waals surface area contributed by atoms with Crippen molar-refractivity contribution in [2.45, 2.75) is 24.7 Å². The maximum atomic E-state index is 12.1. The number of nitrogens with zero attached hydrogens (tertiary/aromatic N) is 1. The molecule has 0 saturated heterocycles. The van der Waals surface area contributed by atoms with E-state index in [1.807, 2.05) is 13.0 Å². The molecule has 1 aromatic carbocycles. The minimum Gasteiger partial charge on any atom is -0.207 e. The lowest BCUT2D eigenvalue weighted by atomic mass is 10.3. The predicted octanol–water partition coefficient (Wildman–Crippen LogP) is 2.87. The zero-order valence-electron chi connectivity index (χ0n) is 9.48. The second-order valence-electron chi connectivity index (χ2n) is 3.64. The van der Waals surface area contributed by atoms with E-state index in [0.29, 0.717) is 11.4 Å². The number of unbranched alkanes of at least 4 members (excludes halogenated alkanes) is 1. The Kier molecular flexibility index (Phi) is 4.95. The summed E-state index contributed by atoms with van der Waals surface area (Å²) in [6.07, 6.45) is 1.86. The molecule has 0 amide bonds. The van der Waals surface area contributed by atoms with Gasteiger partial charge in [0.05, 0.1) is 4.90 Å². The van der Waals surface area contributed by atoms with E-state index in [1.54, 1.807) is 25.2 Å². The first kappa shape index (κ1) is 13.7. The molecule has 0 aromatic heterocycles. The molecule has 0 fully saturated rings. The predicted molar refractivity (Wildman–Crippen MR) is 68.9 cm³/mol. The van der Waals surface area contributed by atoms with Gasteiger partial charge in [0.2, 0.25) is 10.0 Å². The van der Waals surface area contributed by atoms with Gasteiger partial charge >= 0.3 is 0 Å². The Hall–Kier alpha value is -0.390. The zero-order valence-corrected chi connectivity index (χ0v) is 11.9. The van der Waals surface area contributed by atoms with Crippen molar-refractivity contribution in [3.05, 3.63) is 28.7 Å². The molecule has 1 rings (SSSR count). The SMILES string of the molecule is CCCCN(C)S(=O)(=O)c1cccc(Br)c1. The Balaban J connectivity index is 2.93. The van der Waals surface area contributed by atoms with Crippen LogP contribution in [0.25, 0.3) is 0 Å². The van der Waals surface area contributed by atoms with Crippen LogP contribution in [0.5, 0.6) is 0 Å². The first-order valence-electron chi connectivity index (χ1n) is 5.20. The molecule has 0 aliphatic carbocycles. The fourth-order valence-electron chi connectivity index (χ4n) is 1.31. The van der Waals surface area contributed by atoms with Gasteiger partial charge in [-0.3, -0.25) is 0 Å². The van der Waals surface area contributed by atoms with Crippen LogP contribution in [0, 0.1) is 0 Å². The summed E-state index contributed by atoms with van der Waals surface area (Å²) in [5, 5.41) is 0. The second-order valence-corrected chi connectivity index (χ2v) is 6.60. The zero-order chi connectivity index (χ0) is 12.2. The molecule has 0 bridgehead atoms. The molecule has 3 nitrogen and oxygen atoms in total. The highest BCUT2D eigenvalue weighted by Gasteiger charge is 2.19. The van der Waals surface area contributed by atoms with Crippen molar-refractivity contribution in [3.63, 3.8) is 0 Å². The topological polar surface area (TPSA) is 37.4 Å². The minimum atomic E-state index is -3.33. The van der Waals surface area contributed by atoms with Crippen LogP contribution in [0.3, 0.4) is 0 Å². The maximum absolute atomic E-state index is 12.1. The van der Waals surface area contributed by atoms with Gasteiger partial charge in [-0.25, -0.2) is 12.7 Å². The quantitative estimate of drug-likeness (QED) is 0.839. The highest BCUT2D eigenvalue weighted by atomic mass is 79.9. The first-order chi connectivity index (χ1) is 7.48. The van der Waals surface area contributed by atoms with Crippen molar-refractivity contribution >= 4 is 26.0 Å². The van der Waals surface area contributed by atoms with Crippen molar-refractivity contribution in [2.75, 3.05) is 13.6 Å². The van der Waals surface area contributed by atoms with Crippen LogP contribution in [0.2, 0.25) is 0 Å². The highest BCUT2D eigenvalue weighted by molar-refractivity contribution is 9.10. The molecule has 16 heavy (non-hydrogen) atoms. The van der Waals surface area contributed by atoms with E-state index in [4.69, 9.17) is 0 Å². The number of halogens is 1. The molecule has 90 valence electrons. The van der Waals surface area contributed by atoms with E-state index in [0.717, 1.165) is 17.3 Å². The summed E-state index contributed by atoms with van der Waals surface area (Å²) in [5.74, 6) is 0. The normalized spacial score (nSPS) is 12.0. The summed E-state index contributed by atoms with van der Waals surface area (Å²) in [6.45, 7) is 2.60. The van der Waals surface area contributed by atoms with Crippen molar-refractivity contribution in [1.82, 2.24) is 4.31 Å². The summed E-state index contributed by atoms with van der Waals surface area (Å²) < 4.78 is 26.4. The summed E-state index contributed by atoms with van der Waals surface area (Å²) in [5.41, 5.74) is 0. The largest absolute Gasteiger partial charge is 0.242 e. The molecule has 0 unspecified atom stereocenters. The van der Waals surface area contributed by atoms with Crippen molar-refractivity contribution < 1.29 is 8.42 Å². The minimum absolute atomic E-state index is 0.334. The van der Waals surface area contributed by atoms with Crippen LogP contribution in [0.15, 0.2) is 33.6 Å². The van der Waals surface area contributed by atoms with E-state index in [-0.39, 0.29) is 0 Å². The van der Waals surface area contributed by atoms with E-state index >= 15 is 0 Å². The van der Waals surface area contributed by atoms with Gasteiger partial charge in [-0.1, -0.05) is 35.3 Å². The molecule has 1 aromatic rings. The Morgan fingerprint density at radius 2 is 2.06 bits per heavy atom. The Morgan fingerprint density at radius 1 is 1.38 bits per heavy atom. The van der Waals surface area contributed by atoms with E-state index in [2.05, 4.69) is 15.9 Å². The number of hydrogen-bond donors (Lipinski definition) is 0. The molecule has 0 saturated carbocycles. The molecule has 0 atom stereocenters. The summed E-state index contributed by atoms with van der Waals surface area (Å²) in [4.78, 5) is 0.334. The van der Waals surface area contributed by atoms with Crippen molar-refractivity contribution in [2.24, 2.45) is 0 Å². The van der Waals surface area contributed by atoms with Crippen molar-refractivity contribution in [1.29, 1.82) is 0 Å². The average Bonchev–Trinajstić information content (AvgIpc) is 2.25. The van der Waals surface area contributed by atoms with Gasteiger partial charge in [-0.05, 0) is 24.6 Å². The van der Waals surface area contributed by atoms with E-state index in [9.17, 15) is 8.42 Å². The van der Waals surface area contributed by atoms with Gasteiger partial charge in [-0.2, -0.15) is 0 Å². The third-order valence-corrected chi connectivity index (χ3v) is 4.68. The van der Waals surface area contributed by atoms with Crippen LogP contribution in [0.1, 0.15) is 19.8 Å². The van der Waals surface area contributed by atoms with E-state index in [1.165, 1.54) is 4.31 Å². The smallest absolute Gasteiger partial charge is 0.207 e. The van der Waals surface area contributed by atoms with Crippen molar-refractivity contribution in [3.8, 4) is 0 Å². The summed E-state index contributed by atoms with van der Waals surface area (Å²) in [6, 6.07) is 6.77. The second kappa shape index (κ2) is 5.80. The number of sulfonamides is 1. The fourth-order valence-corrected chi connectivity index (χ4v) is 3.11. The van der Waals surface area contributed by atoms with Crippen LogP contribution < -0.4 is 0 Å². The molecular formula is C11H16BrNO2S. The Morgan fingerprint density at radius 3 is 2.62 bits per heavy atom. The highest BCUT2D eigenvalue weighted by Crippen LogP contribution is 2.19. The molecule has 0 spiro atoms. The molecule has 0 radical (unpaired) electrons. The molecule has 0 aliphatic heterocycles. The molecule has 5 heteroatoms. The van der Waals surface area contributed by atoms with Crippen LogP contribution in [-0.4, -0.2) is 26.3 Å². The van der Waals surface area contributed by atoms with E-state index < -0.39 is 10.0 Å².